The summed E-state index contributed by atoms with van der Waals surface area (Å²) in [6.45, 7) is 4.32. The molecule has 0 fully saturated rings. The van der Waals surface area contributed by atoms with E-state index >= 15 is 0 Å². The fourth-order valence-corrected chi connectivity index (χ4v) is 5.77. The van der Waals surface area contributed by atoms with Crippen molar-refractivity contribution in [3.8, 4) is 0 Å². The number of aliphatic hydroxyl groups is 2. The molecule has 4 nitrogen and oxygen atoms in total. The molecule has 0 radical (unpaired) electrons. The highest BCUT2D eigenvalue weighted by atomic mass is 16.3. The lowest BCUT2D eigenvalue weighted by molar-refractivity contribution is -0.123. The monoisotopic (exact) mass is 568 g/mol. The molecular formula is C36H73NO3. The third kappa shape index (κ3) is 28.9. The highest BCUT2D eigenvalue weighted by molar-refractivity contribution is 5.76. The van der Waals surface area contributed by atoms with E-state index in [9.17, 15) is 15.0 Å². The third-order valence-corrected chi connectivity index (χ3v) is 8.62. The van der Waals surface area contributed by atoms with Crippen LogP contribution in [-0.4, -0.2) is 34.9 Å². The molecule has 2 unspecified atom stereocenters. The summed E-state index contributed by atoms with van der Waals surface area (Å²) < 4.78 is 0. The summed E-state index contributed by atoms with van der Waals surface area (Å²) >= 11 is 0. The number of amides is 1. The maximum Gasteiger partial charge on any atom is 0.220 e. The van der Waals surface area contributed by atoms with Crippen LogP contribution in [0.4, 0.5) is 0 Å². The molecule has 0 spiro atoms. The van der Waals surface area contributed by atoms with E-state index < -0.39 is 12.1 Å². The average molecular weight is 568 g/mol. The number of carbonyl (C=O) groups excluding carboxylic acids is 1. The van der Waals surface area contributed by atoms with Crippen LogP contribution in [0.3, 0.4) is 0 Å². The van der Waals surface area contributed by atoms with Gasteiger partial charge in [0.15, 0.2) is 0 Å². The van der Waals surface area contributed by atoms with Crippen LogP contribution in [0, 0.1) is 0 Å². The first-order valence-corrected chi connectivity index (χ1v) is 18.2. The first-order chi connectivity index (χ1) is 19.7. The van der Waals surface area contributed by atoms with E-state index in [-0.39, 0.29) is 12.5 Å². The molecule has 0 aromatic carbocycles. The Morgan fingerprint density at radius 1 is 0.500 bits per heavy atom. The van der Waals surface area contributed by atoms with E-state index in [0.717, 1.165) is 25.7 Å². The zero-order chi connectivity index (χ0) is 29.4. The second-order valence-electron chi connectivity index (χ2n) is 12.7. The lowest BCUT2D eigenvalue weighted by atomic mass is 10.0. The second-order valence-corrected chi connectivity index (χ2v) is 12.7. The van der Waals surface area contributed by atoms with Crippen LogP contribution in [0.2, 0.25) is 0 Å². The van der Waals surface area contributed by atoms with E-state index in [1.54, 1.807) is 0 Å². The van der Waals surface area contributed by atoms with Gasteiger partial charge in [-0.2, -0.15) is 0 Å². The van der Waals surface area contributed by atoms with Crippen molar-refractivity contribution >= 4 is 5.91 Å². The van der Waals surface area contributed by atoms with Crippen LogP contribution in [0.5, 0.6) is 0 Å². The van der Waals surface area contributed by atoms with Crippen molar-refractivity contribution in [2.45, 2.75) is 219 Å². The van der Waals surface area contributed by atoms with Gasteiger partial charge in [-0.1, -0.05) is 187 Å². The number of hydrogen-bond donors (Lipinski definition) is 3. The lowest BCUT2D eigenvalue weighted by Crippen LogP contribution is -2.45. The summed E-state index contributed by atoms with van der Waals surface area (Å²) in [7, 11) is 0. The van der Waals surface area contributed by atoms with E-state index in [0.29, 0.717) is 12.8 Å². The molecule has 0 aromatic heterocycles. The summed E-state index contributed by atoms with van der Waals surface area (Å²) in [6, 6.07) is -0.526. The van der Waals surface area contributed by atoms with Gasteiger partial charge in [0.25, 0.3) is 0 Å². The third-order valence-electron chi connectivity index (χ3n) is 8.62. The Bertz CT molecular complexity index is 498. The first kappa shape index (κ1) is 39.4. The van der Waals surface area contributed by atoms with E-state index in [1.807, 2.05) is 0 Å². The van der Waals surface area contributed by atoms with Crippen molar-refractivity contribution in [2.24, 2.45) is 0 Å². The molecule has 0 aliphatic heterocycles. The average Bonchev–Trinajstić information content (AvgIpc) is 2.96. The second kappa shape index (κ2) is 32.9. The van der Waals surface area contributed by atoms with E-state index in [4.69, 9.17) is 0 Å². The van der Waals surface area contributed by atoms with Gasteiger partial charge >= 0.3 is 0 Å². The predicted molar refractivity (Wildman–Crippen MR) is 175 cm³/mol. The summed E-state index contributed by atoms with van der Waals surface area (Å²) in [4.78, 5) is 12.2. The Hall–Kier alpha value is -0.610. The smallest absolute Gasteiger partial charge is 0.220 e. The molecule has 0 heterocycles. The van der Waals surface area contributed by atoms with E-state index in [1.165, 1.54) is 154 Å². The number of hydrogen-bond acceptors (Lipinski definition) is 3. The van der Waals surface area contributed by atoms with Gasteiger partial charge in [0, 0.05) is 6.42 Å². The van der Waals surface area contributed by atoms with Crippen LogP contribution in [-0.2, 0) is 4.79 Å². The minimum Gasteiger partial charge on any atom is -0.394 e. The number of nitrogens with one attached hydrogen (secondary N) is 1. The van der Waals surface area contributed by atoms with Gasteiger partial charge in [0.05, 0.1) is 18.8 Å². The molecule has 0 saturated carbocycles. The van der Waals surface area contributed by atoms with Gasteiger partial charge in [-0.25, -0.2) is 0 Å². The van der Waals surface area contributed by atoms with Crippen molar-refractivity contribution in [1.82, 2.24) is 5.32 Å². The zero-order valence-electron chi connectivity index (χ0n) is 27.4. The van der Waals surface area contributed by atoms with Gasteiger partial charge in [-0.15, -0.1) is 0 Å². The fourth-order valence-electron chi connectivity index (χ4n) is 5.77. The Balaban J connectivity index is 3.43. The van der Waals surface area contributed by atoms with Crippen LogP contribution >= 0.6 is 0 Å². The number of unbranched alkanes of at least 4 members (excludes halogenated alkanes) is 26. The highest BCUT2D eigenvalue weighted by Crippen LogP contribution is 2.16. The molecule has 0 rings (SSSR count). The molecule has 40 heavy (non-hydrogen) atoms. The van der Waals surface area contributed by atoms with Crippen molar-refractivity contribution in [3.63, 3.8) is 0 Å². The maximum atomic E-state index is 12.2. The molecular weight excluding hydrogens is 494 g/mol. The Kier molecular flexibility index (Phi) is 32.4. The summed E-state index contributed by atoms with van der Waals surface area (Å²) in [6.07, 6.45) is 37.5. The Morgan fingerprint density at radius 3 is 1.12 bits per heavy atom. The molecule has 3 N–H and O–H groups in total. The van der Waals surface area contributed by atoms with Crippen LogP contribution in [0.15, 0.2) is 0 Å². The van der Waals surface area contributed by atoms with Crippen LogP contribution in [0.25, 0.3) is 0 Å². The molecule has 1 amide bonds. The van der Waals surface area contributed by atoms with Crippen molar-refractivity contribution in [2.75, 3.05) is 6.61 Å². The molecule has 0 saturated heterocycles. The molecule has 0 aliphatic rings. The fraction of sp³-hybridized carbons (Fsp3) is 0.972. The Labute approximate surface area is 251 Å². The topological polar surface area (TPSA) is 69.6 Å². The molecule has 0 aliphatic carbocycles. The minimum absolute atomic E-state index is 0.0366. The van der Waals surface area contributed by atoms with E-state index in [2.05, 4.69) is 19.2 Å². The molecule has 4 heteroatoms. The number of aliphatic hydroxyl groups excluding tert-OH is 2. The predicted octanol–water partition coefficient (Wildman–Crippen LogP) is 10.6. The van der Waals surface area contributed by atoms with Gasteiger partial charge in [-0.3, -0.25) is 4.79 Å². The SMILES string of the molecule is CCCCCCCCCCCCCCCCCCCCCCCC(O)C(CO)NC(=O)CCCCCCCCC. The summed E-state index contributed by atoms with van der Waals surface area (Å²) in [5.41, 5.74) is 0. The molecule has 0 aromatic rings. The highest BCUT2D eigenvalue weighted by Gasteiger charge is 2.19. The Morgan fingerprint density at radius 2 is 0.800 bits per heavy atom. The molecule has 240 valence electrons. The largest absolute Gasteiger partial charge is 0.394 e. The maximum absolute atomic E-state index is 12.2. The molecule has 2 atom stereocenters. The van der Waals surface area contributed by atoms with Gasteiger partial charge in [-0.05, 0) is 12.8 Å². The van der Waals surface area contributed by atoms with Crippen molar-refractivity contribution in [3.05, 3.63) is 0 Å². The number of rotatable bonds is 33. The lowest BCUT2D eigenvalue weighted by Gasteiger charge is -2.22. The van der Waals surface area contributed by atoms with Gasteiger partial charge < -0.3 is 15.5 Å². The van der Waals surface area contributed by atoms with Gasteiger partial charge in [0.1, 0.15) is 0 Å². The van der Waals surface area contributed by atoms with Gasteiger partial charge in [0.2, 0.25) is 5.91 Å². The normalized spacial score (nSPS) is 13.0. The van der Waals surface area contributed by atoms with Crippen molar-refractivity contribution < 1.29 is 15.0 Å². The van der Waals surface area contributed by atoms with Crippen LogP contribution in [0.1, 0.15) is 206 Å². The quantitative estimate of drug-likeness (QED) is 0.0691. The summed E-state index contributed by atoms with van der Waals surface area (Å²) in [5, 5.41) is 22.9. The minimum atomic E-state index is -0.650. The molecule has 0 bridgehead atoms. The van der Waals surface area contributed by atoms with Crippen LogP contribution < -0.4 is 5.32 Å². The standard InChI is InChI=1S/C36H73NO3/c1-3-5-7-9-11-12-13-14-15-16-17-18-19-20-21-22-23-24-26-27-29-31-35(39)34(33-38)37-36(40)32-30-28-25-10-8-6-4-2/h34-35,38-39H,3-33H2,1-2H3,(H,37,40). The first-order valence-electron chi connectivity index (χ1n) is 18.2. The summed E-state index contributed by atoms with van der Waals surface area (Å²) in [5.74, 6) is -0.0366. The van der Waals surface area contributed by atoms with Crippen molar-refractivity contribution in [1.29, 1.82) is 0 Å². The number of carbonyl (C=O) groups is 1. The zero-order valence-corrected chi connectivity index (χ0v) is 27.4.